The highest BCUT2D eigenvalue weighted by molar-refractivity contribution is 5.74. The van der Waals surface area contributed by atoms with Crippen molar-refractivity contribution in [1.82, 2.24) is 0 Å². The molecule has 1 aromatic rings. The van der Waals surface area contributed by atoms with Gasteiger partial charge in [0.1, 0.15) is 12.2 Å². The lowest BCUT2D eigenvalue weighted by Gasteiger charge is -2.41. The molecule has 5 nitrogen and oxygen atoms in total. The lowest BCUT2D eigenvalue weighted by Crippen LogP contribution is -2.51. The van der Waals surface area contributed by atoms with Gasteiger partial charge in [0.15, 0.2) is 18.7 Å². The maximum Gasteiger partial charge on any atom is 0.184 e. The summed E-state index contributed by atoms with van der Waals surface area (Å²) >= 11 is 0. The topological polar surface area (TPSA) is 54.0 Å². The summed E-state index contributed by atoms with van der Waals surface area (Å²) in [5.74, 6) is 0. The van der Waals surface area contributed by atoms with Gasteiger partial charge in [-0.15, -0.1) is 0 Å². The van der Waals surface area contributed by atoms with Gasteiger partial charge in [0.2, 0.25) is 0 Å². The van der Waals surface area contributed by atoms with Crippen molar-refractivity contribution in [3.8, 4) is 0 Å². The number of fused-ring (bicyclic) bond motifs is 1. The van der Waals surface area contributed by atoms with Crippen molar-refractivity contribution >= 4 is 6.29 Å². The van der Waals surface area contributed by atoms with Crippen LogP contribution in [0.1, 0.15) is 11.9 Å². The van der Waals surface area contributed by atoms with E-state index < -0.39 is 12.4 Å². The summed E-state index contributed by atoms with van der Waals surface area (Å²) in [6, 6.07) is 9.66. The molecule has 0 aromatic heterocycles. The number of methoxy groups -OCH3 is 1. The molecule has 2 aliphatic rings. The molecule has 0 N–H and O–H groups in total. The molecule has 1 saturated heterocycles. The van der Waals surface area contributed by atoms with Crippen LogP contribution in [0, 0.1) is 0 Å². The zero-order valence-electron chi connectivity index (χ0n) is 11.1. The zero-order valence-corrected chi connectivity index (χ0v) is 11.1. The second-order valence-corrected chi connectivity index (χ2v) is 4.74. The van der Waals surface area contributed by atoms with Gasteiger partial charge in [-0.2, -0.15) is 0 Å². The molecule has 0 aliphatic carbocycles. The van der Waals surface area contributed by atoms with Crippen LogP contribution in [0.4, 0.5) is 0 Å². The van der Waals surface area contributed by atoms with Crippen molar-refractivity contribution in [2.75, 3.05) is 13.7 Å². The van der Waals surface area contributed by atoms with Crippen LogP contribution in [0.2, 0.25) is 0 Å². The first-order valence-electron chi connectivity index (χ1n) is 6.49. The van der Waals surface area contributed by atoms with Gasteiger partial charge in [0.05, 0.1) is 18.4 Å². The molecule has 0 amide bonds. The summed E-state index contributed by atoms with van der Waals surface area (Å²) in [4.78, 5) is 11.0. The molecule has 1 fully saturated rings. The molecule has 5 heteroatoms. The Morgan fingerprint density at radius 1 is 1.30 bits per heavy atom. The van der Waals surface area contributed by atoms with Gasteiger partial charge in [-0.25, -0.2) is 0 Å². The van der Waals surface area contributed by atoms with Gasteiger partial charge in [-0.05, 0) is 0 Å². The molecule has 1 aromatic carbocycles. The molecule has 106 valence electrons. The van der Waals surface area contributed by atoms with Gasteiger partial charge in [-0.1, -0.05) is 30.3 Å². The van der Waals surface area contributed by atoms with Crippen LogP contribution in [-0.2, 0) is 23.7 Å². The molecule has 20 heavy (non-hydrogen) atoms. The normalized spacial score (nSPS) is 32.8. The largest absolute Gasteiger partial charge is 0.492 e. The third-order valence-electron chi connectivity index (χ3n) is 3.53. The molecule has 2 heterocycles. The Labute approximate surface area is 117 Å². The van der Waals surface area contributed by atoms with E-state index >= 15 is 0 Å². The fourth-order valence-corrected chi connectivity index (χ4v) is 2.50. The van der Waals surface area contributed by atoms with Crippen LogP contribution >= 0.6 is 0 Å². The van der Waals surface area contributed by atoms with Crippen LogP contribution in [0.15, 0.2) is 42.2 Å². The number of hydrogen-bond donors (Lipinski definition) is 0. The summed E-state index contributed by atoms with van der Waals surface area (Å²) in [5.41, 5.74) is 1.38. The lowest BCUT2D eigenvalue weighted by molar-refractivity contribution is -0.279. The van der Waals surface area contributed by atoms with E-state index in [0.717, 1.165) is 11.8 Å². The van der Waals surface area contributed by atoms with Gasteiger partial charge in [-0.3, -0.25) is 4.79 Å². The maximum absolute atomic E-state index is 11.0. The highest BCUT2D eigenvalue weighted by Gasteiger charge is 2.43. The summed E-state index contributed by atoms with van der Waals surface area (Å²) in [7, 11) is 1.56. The number of carbonyl (C=O) groups is 1. The molecular weight excluding hydrogens is 260 g/mol. The molecule has 1 unspecified atom stereocenters. The number of ether oxygens (including phenoxy) is 4. The van der Waals surface area contributed by atoms with Crippen molar-refractivity contribution < 1.29 is 23.7 Å². The SMILES string of the molecule is CO[C@@H]1C(C=O)=CO[C@@H]2COC(c3ccccc3)O[C@@H]12. The summed E-state index contributed by atoms with van der Waals surface area (Å²) < 4.78 is 22.5. The van der Waals surface area contributed by atoms with Crippen LogP contribution in [-0.4, -0.2) is 38.3 Å². The summed E-state index contributed by atoms with van der Waals surface area (Å²) in [6.45, 7) is 0.396. The van der Waals surface area contributed by atoms with E-state index in [4.69, 9.17) is 18.9 Å². The van der Waals surface area contributed by atoms with Gasteiger partial charge in [0, 0.05) is 12.7 Å². The van der Waals surface area contributed by atoms with E-state index in [9.17, 15) is 4.79 Å². The first-order chi connectivity index (χ1) is 9.83. The fourth-order valence-electron chi connectivity index (χ4n) is 2.50. The van der Waals surface area contributed by atoms with Crippen molar-refractivity contribution in [3.63, 3.8) is 0 Å². The number of hydrogen-bond acceptors (Lipinski definition) is 5. The minimum Gasteiger partial charge on any atom is -0.492 e. The smallest absolute Gasteiger partial charge is 0.184 e. The van der Waals surface area contributed by atoms with Gasteiger partial charge >= 0.3 is 0 Å². The predicted octanol–water partition coefficient (Wildman–Crippen LogP) is 1.60. The maximum atomic E-state index is 11.0. The Morgan fingerprint density at radius 2 is 2.10 bits per heavy atom. The minimum atomic E-state index is -0.468. The van der Waals surface area contributed by atoms with E-state index in [1.54, 1.807) is 7.11 Å². The van der Waals surface area contributed by atoms with Crippen LogP contribution < -0.4 is 0 Å². The number of carbonyl (C=O) groups excluding carboxylic acids is 1. The van der Waals surface area contributed by atoms with Crippen molar-refractivity contribution in [2.45, 2.75) is 24.6 Å². The van der Waals surface area contributed by atoms with E-state index in [1.165, 1.54) is 6.26 Å². The highest BCUT2D eigenvalue weighted by Crippen LogP contribution is 2.33. The van der Waals surface area contributed by atoms with E-state index in [0.29, 0.717) is 12.2 Å². The third kappa shape index (κ3) is 2.35. The highest BCUT2D eigenvalue weighted by atomic mass is 16.7. The number of rotatable bonds is 3. The Hall–Kier alpha value is -1.69. The Morgan fingerprint density at radius 3 is 2.80 bits per heavy atom. The van der Waals surface area contributed by atoms with E-state index in [2.05, 4.69) is 0 Å². The molecule has 0 saturated carbocycles. The molecule has 0 bridgehead atoms. The third-order valence-corrected chi connectivity index (χ3v) is 3.53. The molecular formula is C15H16O5. The minimum absolute atomic E-state index is 0.261. The fraction of sp³-hybridized carbons (Fsp3) is 0.400. The monoisotopic (exact) mass is 276 g/mol. The molecule has 4 atom stereocenters. The van der Waals surface area contributed by atoms with E-state index in [1.807, 2.05) is 30.3 Å². The molecule has 3 rings (SSSR count). The van der Waals surface area contributed by atoms with Crippen LogP contribution in [0.5, 0.6) is 0 Å². The number of aldehydes is 1. The van der Waals surface area contributed by atoms with Gasteiger partial charge < -0.3 is 18.9 Å². The summed E-state index contributed by atoms with van der Waals surface area (Å²) in [6.07, 6.45) is 0.650. The second kappa shape index (κ2) is 5.75. The molecule has 0 radical (unpaired) electrons. The predicted molar refractivity (Wildman–Crippen MR) is 69.8 cm³/mol. The lowest BCUT2D eigenvalue weighted by atomic mass is 9.98. The van der Waals surface area contributed by atoms with Crippen LogP contribution in [0.25, 0.3) is 0 Å². The van der Waals surface area contributed by atoms with E-state index in [-0.39, 0.29) is 12.2 Å². The quantitative estimate of drug-likeness (QED) is 0.785. The Balaban J connectivity index is 1.81. The van der Waals surface area contributed by atoms with Crippen LogP contribution in [0.3, 0.4) is 0 Å². The average molecular weight is 276 g/mol. The first-order valence-corrected chi connectivity index (χ1v) is 6.49. The van der Waals surface area contributed by atoms with Gasteiger partial charge in [0.25, 0.3) is 0 Å². The number of benzene rings is 1. The van der Waals surface area contributed by atoms with Crippen molar-refractivity contribution in [3.05, 3.63) is 47.7 Å². The Bertz CT molecular complexity index is 498. The first kappa shape index (κ1) is 13.3. The zero-order chi connectivity index (χ0) is 13.9. The van der Waals surface area contributed by atoms with Crippen molar-refractivity contribution in [2.24, 2.45) is 0 Å². The molecule has 2 aliphatic heterocycles. The Kier molecular flexibility index (Phi) is 3.82. The summed E-state index contributed by atoms with van der Waals surface area (Å²) in [5, 5.41) is 0. The molecule has 0 spiro atoms. The standard InChI is InChI=1S/C15H16O5/c1-17-13-11(7-16)8-18-12-9-19-15(20-14(12)13)10-5-3-2-4-6-10/h2-8,12-15H,9H2,1H3/t12-,13-,14-,15?/m1/s1. The van der Waals surface area contributed by atoms with Crippen molar-refractivity contribution in [1.29, 1.82) is 0 Å². The average Bonchev–Trinajstić information content (AvgIpc) is 2.54. The second-order valence-electron chi connectivity index (χ2n) is 4.74.